The number of thiazole rings is 1. The maximum Gasteiger partial charge on any atom is 0.355 e. The molecular formula is C24H22ClFN2O4S2. The summed E-state index contributed by atoms with van der Waals surface area (Å²) in [5.41, 5.74) is 2.85. The van der Waals surface area contributed by atoms with Gasteiger partial charge in [0.2, 0.25) is 0 Å². The Labute approximate surface area is 205 Å². The van der Waals surface area contributed by atoms with Gasteiger partial charge in [0, 0.05) is 39.8 Å². The molecule has 0 aliphatic carbocycles. The summed E-state index contributed by atoms with van der Waals surface area (Å²) in [5.74, 6) is -1.69. The Hall–Kier alpha value is -2.75. The molecule has 0 aliphatic heterocycles. The summed E-state index contributed by atoms with van der Waals surface area (Å²) in [6.07, 6.45) is 2.78. The lowest BCUT2D eigenvalue weighted by molar-refractivity contribution is 0.0521. The normalized spacial score (nSPS) is 12.7. The number of H-pyrrole nitrogens is 1. The number of esters is 1. The van der Waals surface area contributed by atoms with Crippen molar-refractivity contribution in [3.63, 3.8) is 0 Å². The summed E-state index contributed by atoms with van der Waals surface area (Å²) in [6.45, 7) is 3.90. The second-order valence-corrected chi connectivity index (χ2v) is 11.8. The Bertz CT molecular complexity index is 1490. The fraction of sp³-hybridized carbons (Fsp3) is 0.250. The molecule has 0 saturated carbocycles. The van der Waals surface area contributed by atoms with Gasteiger partial charge in [0.05, 0.1) is 17.9 Å². The SMILES string of the molecule is CCOC(=O)c1[nH]c2c(C(C)c3cnc(Cl)s3)cccc2c1-c1ccc(CS(C)(=O)=O)c(F)c1. The number of nitrogens with one attached hydrogen (secondary N) is 1. The van der Waals surface area contributed by atoms with E-state index < -0.39 is 27.4 Å². The molecule has 0 radical (unpaired) electrons. The van der Waals surface area contributed by atoms with Gasteiger partial charge in [-0.2, -0.15) is 0 Å². The van der Waals surface area contributed by atoms with Gasteiger partial charge in [-0.05, 0) is 24.1 Å². The molecule has 34 heavy (non-hydrogen) atoms. The van der Waals surface area contributed by atoms with Crippen LogP contribution in [0.4, 0.5) is 4.39 Å². The molecule has 0 spiro atoms. The van der Waals surface area contributed by atoms with Crippen LogP contribution in [0.15, 0.2) is 42.6 Å². The van der Waals surface area contributed by atoms with Crippen LogP contribution in [-0.4, -0.2) is 37.2 Å². The van der Waals surface area contributed by atoms with Crippen molar-refractivity contribution in [2.24, 2.45) is 0 Å². The Morgan fingerprint density at radius 1 is 1.29 bits per heavy atom. The van der Waals surface area contributed by atoms with Crippen molar-refractivity contribution in [1.29, 1.82) is 0 Å². The molecular weight excluding hydrogens is 499 g/mol. The number of fused-ring (bicyclic) bond motifs is 1. The Morgan fingerprint density at radius 2 is 2.06 bits per heavy atom. The predicted molar refractivity (Wildman–Crippen MR) is 133 cm³/mol. The molecule has 1 unspecified atom stereocenters. The van der Waals surface area contributed by atoms with E-state index in [0.29, 0.717) is 15.6 Å². The topological polar surface area (TPSA) is 89.1 Å². The molecule has 2 aromatic heterocycles. The minimum Gasteiger partial charge on any atom is -0.461 e. The third-order valence-corrected chi connectivity index (χ3v) is 7.63. The van der Waals surface area contributed by atoms with E-state index in [1.807, 2.05) is 25.1 Å². The molecule has 0 bridgehead atoms. The van der Waals surface area contributed by atoms with Crippen LogP contribution in [0.1, 0.15) is 46.3 Å². The van der Waals surface area contributed by atoms with Gasteiger partial charge in [-0.25, -0.2) is 22.6 Å². The van der Waals surface area contributed by atoms with Crippen LogP contribution in [0, 0.1) is 5.82 Å². The number of halogens is 2. The molecule has 0 saturated heterocycles. The number of nitrogens with zero attached hydrogens (tertiary/aromatic N) is 1. The number of hydrogen-bond donors (Lipinski definition) is 1. The first kappa shape index (κ1) is 24.4. The third-order valence-electron chi connectivity index (χ3n) is 5.49. The number of para-hydroxylation sites is 1. The Balaban J connectivity index is 1.91. The molecule has 2 heterocycles. The fourth-order valence-electron chi connectivity index (χ4n) is 3.98. The van der Waals surface area contributed by atoms with Gasteiger partial charge in [0.1, 0.15) is 11.5 Å². The molecule has 178 valence electrons. The van der Waals surface area contributed by atoms with Gasteiger partial charge in [0.25, 0.3) is 0 Å². The van der Waals surface area contributed by atoms with Crippen LogP contribution < -0.4 is 0 Å². The van der Waals surface area contributed by atoms with Gasteiger partial charge in [-0.1, -0.05) is 48.9 Å². The van der Waals surface area contributed by atoms with Crippen molar-refractivity contribution in [1.82, 2.24) is 9.97 Å². The van der Waals surface area contributed by atoms with E-state index in [4.69, 9.17) is 16.3 Å². The summed E-state index contributed by atoms with van der Waals surface area (Å²) in [4.78, 5) is 21.1. The van der Waals surface area contributed by atoms with Gasteiger partial charge < -0.3 is 9.72 Å². The zero-order valence-electron chi connectivity index (χ0n) is 18.7. The number of rotatable bonds is 7. The van der Waals surface area contributed by atoms with Crippen molar-refractivity contribution < 1.29 is 22.3 Å². The lowest BCUT2D eigenvalue weighted by Crippen LogP contribution is -2.07. The molecule has 1 atom stereocenters. The minimum absolute atomic E-state index is 0.0656. The number of ether oxygens (including phenoxy) is 1. The van der Waals surface area contributed by atoms with Crippen molar-refractivity contribution in [2.45, 2.75) is 25.5 Å². The largest absolute Gasteiger partial charge is 0.461 e. The van der Waals surface area contributed by atoms with Crippen LogP contribution in [0.2, 0.25) is 4.47 Å². The van der Waals surface area contributed by atoms with Crippen LogP contribution in [0.25, 0.3) is 22.0 Å². The zero-order valence-corrected chi connectivity index (χ0v) is 21.1. The number of benzene rings is 2. The summed E-state index contributed by atoms with van der Waals surface area (Å²) in [5, 5.41) is 0.721. The van der Waals surface area contributed by atoms with Crippen LogP contribution in [0.5, 0.6) is 0 Å². The average Bonchev–Trinajstić information content (AvgIpc) is 3.37. The molecule has 2 aromatic carbocycles. The van der Waals surface area contributed by atoms with E-state index in [9.17, 15) is 17.6 Å². The minimum atomic E-state index is -3.40. The zero-order chi connectivity index (χ0) is 24.6. The predicted octanol–water partition coefficient (Wildman–Crippen LogP) is 5.96. The Morgan fingerprint density at radius 3 is 2.68 bits per heavy atom. The maximum atomic E-state index is 14.9. The van der Waals surface area contributed by atoms with Gasteiger partial charge in [-0.3, -0.25) is 0 Å². The summed E-state index contributed by atoms with van der Waals surface area (Å²) < 4.78 is 43.8. The molecule has 4 rings (SSSR count). The lowest BCUT2D eigenvalue weighted by atomic mass is 9.95. The second kappa shape index (κ2) is 9.48. The average molecular weight is 521 g/mol. The summed E-state index contributed by atoms with van der Waals surface area (Å²) in [7, 11) is -3.40. The van der Waals surface area contributed by atoms with E-state index in [0.717, 1.165) is 27.6 Å². The van der Waals surface area contributed by atoms with E-state index in [-0.39, 0.29) is 23.8 Å². The number of sulfone groups is 1. The van der Waals surface area contributed by atoms with Crippen LogP contribution in [-0.2, 0) is 20.3 Å². The summed E-state index contributed by atoms with van der Waals surface area (Å²) >= 11 is 7.41. The monoisotopic (exact) mass is 520 g/mol. The summed E-state index contributed by atoms with van der Waals surface area (Å²) in [6, 6.07) is 9.98. The van der Waals surface area contributed by atoms with E-state index in [1.165, 1.54) is 23.5 Å². The number of carbonyl (C=O) groups excluding carboxylic acids is 1. The molecule has 0 aliphatic rings. The highest BCUT2D eigenvalue weighted by molar-refractivity contribution is 7.89. The first-order valence-electron chi connectivity index (χ1n) is 10.5. The number of hydrogen-bond acceptors (Lipinski definition) is 6. The quantitative estimate of drug-likeness (QED) is 0.304. The molecule has 0 amide bonds. The molecule has 10 heteroatoms. The first-order chi connectivity index (χ1) is 16.1. The van der Waals surface area contributed by atoms with E-state index in [1.54, 1.807) is 19.2 Å². The van der Waals surface area contributed by atoms with Crippen molar-refractivity contribution in [2.75, 3.05) is 12.9 Å². The van der Waals surface area contributed by atoms with Crippen LogP contribution >= 0.6 is 22.9 Å². The van der Waals surface area contributed by atoms with Crippen molar-refractivity contribution in [3.8, 4) is 11.1 Å². The highest BCUT2D eigenvalue weighted by Crippen LogP contribution is 2.39. The number of carbonyl (C=O) groups is 1. The lowest BCUT2D eigenvalue weighted by Gasteiger charge is -2.11. The standard InChI is InChI=1S/C24H22ClFN2O4S2/c1-4-32-23(29)22-20(14-8-9-15(18(26)10-14)12-34(3,30)31)17-7-5-6-16(21(17)28-22)13(2)19-11-27-24(25)33-19/h5-11,13,28H,4,12H2,1-3H3. The maximum absolute atomic E-state index is 14.9. The second-order valence-electron chi connectivity index (χ2n) is 7.98. The molecule has 6 nitrogen and oxygen atoms in total. The Kier molecular flexibility index (Phi) is 6.80. The van der Waals surface area contributed by atoms with Gasteiger partial charge in [-0.15, -0.1) is 11.3 Å². The highest BCUT2D eigenvalue weighted by atomic mass is 35.5. The van der Waals surface area contributed by atoms with Crippen LogP contribution in [0.3, 0.4) is 0 Å². The fourth-order valence-corrected chi connectivity index (χ4v) is 5.80. The van der Waals surface area contributed by atoms with Crippen molar-refractivity contribution >= 4 is 49.6 Å². The molecule has 4 aromatic rings. The van der Waals surface area contributed by atoms with E-state index in [2.05, 4.69) is 9.97 Å². The smallest absolute Gasteiger partial charge is 0.355 e. The van der Waals surface area contributed by atoms with Crippen molar-refractivity contribution in [3.05, 3.63) is 74.6 Å². The number of aromatic nitrogens is 2. The van der Waals surface area contributed by atoms with E-state index >= 15 is 0 Å². The molecule has 1 N–H and O–H groups in total. The highest BCUT2D eigenvalue weighted by Gasteiger charge is 2.24. The van der Waals surface area contributed by atoms with Gasteiger partial charge >= 0.3 is 5.97 Å². The third kappa shape index (κ3) is 4.87. The molecule has 0 fully saturated rings. The van der Waals surface area contributed by atoms with Gasteiger partial charge in [0.15, 0.2) is 14.3 Å². The number of aromatic amines is 1. The first-order valence-corrected chi connectivity index (χ1v) is 13.7.